The van der Waals surface area contributed by atoms with E-state index in [1.165, 1.54) is 10.4 Å². The summed E-state index contributed by atoms with van der Waals surface area (Å²) in [4.78, 5) is 18.2. The fourth-order valence-electron chi connectivity index (χ4n) is 2.39. The number of thioether (sulfide) groups is 1. The first-order valence-electron chi connectivity index (χ1n) is 6.55. The van der Waals surface area contributed by atoms with Crippen LogP contribution in [0.15, 0.2) is 17.6 Å². The predicted molar refractivity (Wildman–Crippen MR) is 89.1 cm³/mol. The fraction of sp³-hybridized carbons (Fsp3) is 0.429. The minimum atomic E-state index is -0.805. The van der Waals surface area contributed by atoms with Crippen molar-refractivity contribution in [3.8, 4) is 9.75 Å². The molecule has 3 heterocycles. The largest absolute Gasteiger partial charge is 0.480 e. The van der Waals surface area contributed by atoms with Crippen LogP contribution in [0.5, 0.6) is 0 Å². The molecule has 0 radical (unpaired) electrons. The molecular formula is C14H16N2O2S3. The zero-order valence-electron chi connectivity index (χ0n) is 11.9. The normalized spacial score (nSPS) is 24.3. The molecule has 2 N–H and O–H groups in total. The third-order valence-electron chi connectivity index (χ3n) is 3.52. The van der Waals surface area contributed by atoms with Gasteiger partial charge in [-0.3, -0.25) is 10.1 Å². The van der Waals surface area contributed by atoms with Crippen LogP contribution < -0.4 is 5.32 Å². The van der Waals surface area contributed by atoms with Crippen molar-refractivity contribution in [2.45, 2.75) is 36.9 Å². The summed E-state index contributed by atoms with van der Waals surface area (Å²) in [6.45, 7) is 6.01. The Bertz CT molecular complexity index is 677. The molecule has 2 aromatic heterocycles. The first kappa shape index (κ1) is 15.0. The molecule has 4 nitrogen and oxygen atoms in total. The number of hydrogen-bond acceptors (Lipinski definition) is 6. The van der Waals surface area contributed by atoms with Gasteiger partial charge >= 0.3 is 5.97 Å². The quantitative estimate of drug-likeness (QED) is 0.891. The number of thiazole rings is 1. The van der Waals surface area contributed by atoms with Crippen LogP contribution >= 0.6 is 34.4 Å². The second-order valence-corrected chi connectivity index (χ2v) is 9.27. The Labute approximate surface area is 135 Å². The third-order valence-corrected chi connectivity index (χ3v) is 7.36. The molecule has 112 valence electrons. The molecule has 0 aromatic carbocycles. The first-order valence-corrected chi connectivity index (χ1v) is 9.13. The van der Waals surface area contributed by atoms with Crippen LogP contribution in [0.4, 0.5) is 0 Å². The molecule has 0 aliphatic carbocycles. The van der Waals surface area contributed by atoms with Gasteiger partial charge in [-0.25, -0.2) is 4.98 Å². The van der Waals surface area contributed by atoms with E-state index >= 15 is 0 Å². The molecule has 1 aliphatic heterocycles. The van der Waals surface area contributed by atoms with Crippen molar-refractivity contribution in [2.75, 3.05) is 0 Å². The van der Waals surface area contributed by atoms with Crippen LogP contribution in [-0.2, 0) is 4.79 Å². The Morgan fingerprint density at radius 3 is 2.81 bits per heavy atom. The molecule has 0 bridgehead atoms. The molecule has 0 amide bonds. The number of aromatic nitrogens is 1. The van der Waals surface area contributed by atoms with Crippen LogP contribution in [0.25, 0.3) is 9.75 Å². The number of carboxylic acids is 1. The number of thiophene rings is 1. The van der Waals surface area contributed by atoms with E-state index in [-0.39, 0.29) is 10.1 Å². The summed E-state index contributed by atoms with van der Waals surface area (Å²) in [5.41, 5.74) is 1.26. The van der Waals surface area contributed by atoms with Crippen molar-refractivity contribution in [2.24, 2.45) is 0 Å². The van der Waals surface area contributed by atoms with Crippen molar-refractivity contribution in [3.05, 3.63) is 28.2 Å². The van der Waals surface area contributed by atoms with Crippen LogP contribution in [0, 0.1) is 6.92 Å². The number of nitrogens with one attached hydrogen (secondary N) is 1. The van der Waals surface area contributed by atoms with Gasteiger partial charge < -0.3 is 5.11 Å². The molecule has 3 rings (SSSR count). The summed E-state index contributed by atoms with van der Waals surface area (Å²) < 4.78 is -0.346. The third kappa shape index (κ3) is 2.75. The van der Waals surface area contributed by atoms with Gasteiger partial charge in [0.1, 0.15) is 16.4 Å². The van der Waals surface area contributed by atoms with Crippen molar-refractivity contribution >= 4 is 40.4 Å². The highest BCUT2D eigenvalue weighted by molar-refractivity contribution is 8.01. The average molecular weight is 340 g/mol. The maximum Gasteiger partial charge on any atom is 0.322 e. The first-order chi connectivity index (χ1) is 9.88. The lowest BCUT2D eigenvalue weighted by Crippen LogP contribution is -2.43. The summed E-state index contributed by atoms with van der Waals surface area (Å²) in [7, 11) is 0. The van der Waals surface area contributed by atoms with E-state index in [0.717, 1.165) is 9.88 Å². The van der Waals surface area contributed by atoms with E-state index in [0.29, 0.717) is 0 Å². The maximum absolute atomic E-state index is 11.3. The van der Waals surface area contributed by atoms with Gasteiger partial charge in [-0.1, -0.05) is 0 Å². The number of carboxylic acid groups (broad SMARTS) is 1. The molecule has 2 atom stereocenters. The van der Waals surface area contributed by atoms with E-state index < -0.39 is 12.0 Å². The molecule has 0 saturated carbocycles. The van der Waals surface area contributed by atoms with Gasteiger partial charge in [0.25, 0.3) is 0 Å². The number of aliphatic carboxylic acids is 1. The molecule has 21 heavy (non-hydrogen) atoms. The molecule has 7 heteroatoms. The zero-order valence-corrected chi connectivity index (χ0v) is 14.4. The second-order valence-electron chi connectivity index (χ2n) is 5.53. The van der Waals surface area contributed by atoms with Crippen LogP contribution in [0.1, 0.15) is 29.8 Å². The molecular weight excluding hydrogens is 324 g/mol. The zero-order chi connectivity index (χ0) is 15.2. The molecule has 0 spiro atoms. The van der Waals surface area contributed by atoms with Crippen molar-refractivity contribution < 1.29 is 9.90 Å². The Morgan fingerprint density at radius 1 is 1.48 bits per heavy atom. The predicted octanol–water partition coefficient (Wildman–Crippen LogP) is 3.75. The van der Waals surface area contributed by atoms with Gasteiger partial charge in [0.2, 0.25) is 0 Å². The Morgan fingerprint density at radius 2 is 2.24 bits per heavy atom. The highest BCUT2D eigenvalue weighted by Crippen LogP contribution is 2.47. The van der Waals surface area contributed by atoms with E-state index in [2.05, 4.69) is 28.7 Å². The topological polar surface area (TPSA) is 62.2 Å². The molecule has 2 unspecified atom stereocenters. The van der Waals surface area contributed by atoms with Gasteiger partial charge in [0, 0.05) is 15.8 Å². The number of aryl methyl sites for hydroxylation is 1. The highest BCUT2D eigenvalue weighted by atomic mass is 32.2. The second kappa shape index (κ2) is 5.39. The summed E-state index contributed by atoms with van der Waals surface area (Å²) in [5.74, 6) is -0.805. The Kier molecular flexibility index (Phi) is 3.85. The lowest BCUT2D eigenvalue weighted by molar-refractivity contribution is -0.139. The van der Waals surface area contributed by atoms with Gasteiger partial charge in [-0.05, 0) is 37.8 Å². The molecule has 1 fully saturated rings. The summed E-state index contributed by atoms with van der Waals surface area (Å²) in [6, 6.07) is 1.55. The molecule has 2 aromatic rings. The Hall–Kier alpha value is -0.890. The van der Waals surface area contributed by atoms with Gasteiger partial charge in [-0.2, -0.15) is 0 Å². The lowest BCUT2D eigenvalue weighted by Gasteiger charge is -2.20. The fourth-order valence-corrected chi connectivity index (χ4v) is 5.92. The lowest BCUT2D eigenvalue weighted by atomic mass is 10.0. The molecule has 1 saturated heterocycles. The van der Waals surface area contributed by atoms with Crippen molar-refractivity contribution in [1.82, 2.24) is 10.3 Å². The van der Waals surface area contributed by atoms with E-state index in [1.54, 1.807) is 34.4 Å². The summed E-state index contributed by atoms with van der Waals surface area (Å²) >= 11 is 4.98. The summed E-state index contributed by atoms with van der Waals surface area (Å²) in [6.07, 6.45) is 1.89. The number of carbonyl (C=O) groups is 1. The smallest absolute Gasteiger partial charge is 0.322 e. The summed E-state index contributed by atoms with van der Waals surface area (Å²) in [5, 5.41) is 15.5. The van der Waals surface area contributed by atoms with Crippen LogP contribution in [0.3, 0.4) is 0 Å². The number of hydrogen-bond donors (Lipinski definition) is 2. The van der Waals surface area contributed by atoms with Crippen molar-refractivity contribution in [1.29, 1.82) is 0 Å². The average Bonchev–Trinajstić information content (AvgIpc) is 3.06. The van der Waals surface area contributed by atoms with Gasteiger partial charge in [-0.15, -0.1) is 34.4 Å². The van der Waals surface area contributed by atoms with Crippen molar-refractivity contribution in [3.63, 3.8) is 0 Å². The SMILES string of the molecule is Cc1ccsc1-c1cnc(C2NC(C(=O)O)C(C)(C)S2)s1. The Balaban J connectivity index is 1.85. The van der Waals surface area contributed by atoms with E-state index in [9.17, 15) is 9.90 Å². The highest BCUT2D eigenvalue weighted by Gasteiger charge is 2.46. The minimum absolute atomic E-state index is 0.0554. The number of nitrogens with zero attached hydrogens (tertiary/aromatic N) is 1. The number of rotatable bonds is 3. The standard InChI is InChI=1S/C14H16N2O2S3/c1-7-4-5-19-9(7)8-6-15-11(20-8)12-16-10(13(17)18)14(2,3)21-12/h4-6,10,12,16H,1-3H3,(H,17,18). The van der Waals surface area contributed by atoms with E-state index in [1.807, 2.05) is 20.0 Å². The van der Waals surface area contributed by atoms with Crippen LogP contribution in [-0.4, -0.2) is 26.8 Å². The van der Waals surface area contributed by atoms with E-state index in [4.69, 9.17) is 0 Å². The van der Waals surface area contributed by atoms with Gasteiger partial charge in [0.15, 0.2) is 0 Å². The minimum Gasteiger partial charge on any atom is -0.480 e. The maximum atomic E-state index is 11.3. The van der Waals surface area contributed by atoms with Crippen LogP contribution in [0.2, 0.25) is 0 Å². The van der Waals surface area contributed by atoms with Gasteiger partial charge in [0.05, 0.1) is 4.88 Å². The molecule has 1 aliphatic rings. The monoisotopic (exact) mass is 340 g/mol.